The minimum Gasteiger partial charge on any atom is -0.398 e. The quantitative estimate of drug-likeness (QED) is 0.825. The predicted octanol–water partition coefficient (Wildman–Crippen LogP) is 3.68. The first kappa shape index (κ1) is 14.4. The summed E-state index contributed by atoms with van der Waals surface area (Å²) in [5.41, 5.74) is 6.06. The van der Waals surface area contributed by atoms with Crippen molar-refractivity contribution in [1.29, 1.82) is 0 Å². The fraction of sp³-hybridized carbons (Fsp3) is 0.200. The van der Waals surface area contributed by atoms with Crippen molar-refractivity contribution in [2.24, 2.45) is 0 Å². The molecule has 2 aromatic carbocycles. The zero-order valence-electron chi connectivity index (χ0n) is 10.8. The average Bonchev–Trinajstić information content (AvgIpc) is 2.40. The third-order valence-corrected chi connectivity index (χ3v) is 3.10. The van der Waals surface area contributed by atoms with Gasteiger partial charge in [-0.1, -0.05) is 35.9 Å². The number of nitrogens with two attached hydrogens (primary N) is 1. The van der Waals surface area contributed by atoms with Crippen LogP contribution in [0.4, 0.5) is 18.9 Å². The van der Waals surface area contributed by atoms with Crippen LogP contribution in [0.2, 0.25) is 0 Å². The maximum atomic E-state index is 13.0. The van der Waals surface area contributed by atoms with E-state index in [-0.39, 0.29) is 16.8 Å². The molecule has 0 spiro atoms. The SMILES string of the molecule is Cc1ccc(N)c(C(O)c2ccccc2C(F)(F)F)c1. The molecule has 0 radical (unpaired) electrons. The molecule has 2 rings (SSSR count). The Bertz CT molecular complexity index is 623. The van der Waals surface area contributed by atoms with Gasteiger partial charge in [-0.15, -0.1) is 0 Å². The standard InChI is InChI=1S/C15H14F3NO/c1-9-6-7-13(19)11(8-9)14(20)10-4-2-3-5-12(10)15(16,17)18/h2-8,14,20H,19H2,1H3. The molecule has 0 bridgehead atoms. The van der Waals surface area contributed by atoms with E-state index >= 15 is 0 Å². The van der Waals surface area contributed by atoms with Crippen LogP contribution in [0.3, 0.4) is 0 Å². The van der Waals surface area contributed by atoms with Crippen LogP contribution in [0.25, 0.3) is 0 Å². The molecule has 2 nitrogen and oxygen atoms in total. The van der Waals surface area contributed by atoms with Crippen molar-refractivity contribution < 1.29 is 18.3 Å². The first-order chi connectivity index (χ1) is 9.30. The Kier molecular flexibility index (Phi) is 3.72. The van der Waals surface area contributed by atoms with Crippen LogP contribution in [0.1, 0.15) is 28.4 Å². The molecular formula is C15H14F3NO. The van der Waals surface area contributed by atoms with Crippen molar-refractivity contribution in [3.05, 3.63) is 64.7 Å². The van der Waals surface area contributed by atoms with Crippen molar-refractivity contribution in [1.82, 2.24) is 0 Å². The molecule has 0 fully saturated rings. The molecule has 0 aliphatic carbocycles. The van der Waals surface area contributed by atoms with Crippen LogP contribution < -0.4 is 5.73 Å². The molecule has 3 N–H and O–H groups in total. The van der Waals surface area contributed by atoms with Crippen molar-refractivity contribution in [2.75, 3.05) is 5.73 Å². The molecule has 5 heteroatoms. The number of aryl methyl sites for hydroxylation is 1. The Morgan fingerprint density at radius 3 is 2.35 bits per heavy atom. The summed E-state index contributed by atoms with van der Waals surface area (Å²) >= 11 is 0. The number of anilines is 1. The van der Waals surface area contributed by atoms with Gasteiger partial charge in [-0.2, -0.15) is 13.2 Å². The highest BCUT2D eigenvalue weighted by atomic mass is 19.4. The topological polar surface area (TPSA) is 46.2 Å². The molecule has 106 valence electrons. The third-order valence-electron chi connectivity index (χ3n) is 3.10. The van der Waals surface area contributed by atoms with Crippen LogP contribution in [0.15, 0.2) is 42.5 Å². The second-order valence-corrected chi connectivity index (χ2v) is 4.62. The fourth-order valence-corrected chi connectivity index (χ4v) is 2.09. The summed E-state index contributed by atoms with van der Waals surface area (Å²) in [4.78, 5) is 0. The van der Waals surface area contributed by atoms with Crippen molar-refractivity contribution in [2.45, 2.75) is 19.2 Å². The Morgan fingerprint density at radius 1 is 1.05 bits per heavy atom. The Labute approximate surface area is 114 Å². The first-order valence-electron chi connectivity index (χ1n) is 6.01. The monoisotopic (exact) mass is 281 g/mol. The van der Waals surface area contributed by atoms with Crippen LogP contribution >= 0.6 is 0 Å². The highest BCUT2D eigenvalue weighted by Gasteiger charge is 2.35. The lowest BCUT2D eigenvalue weighted by molar-refractivity contribution is -0.139. The number of aliphatic hydroxyl groups is 1. The van der Waals surface area contributed by atoms with Gasteiger partial charge in [0.15, 0.2) is 0 Å². The van der Waals surface area contributed by atoms with E-state index in [4.69, 9.17) is 5.73 Å². The van der Waals surface area contributed by atoms with Crippen molar-refractivity contribution in [3.8, 4) is 0 Å². The van der Waals surface area contributed by atoms with E-state index in [9.17, 15) is 18.3 Å². The number of nitrogen functional groups attached to an aromatic ring is 1. The van der Waals surface area contributed by atoms with Gasteiger partial charge in [0.25, 0.3) is 0 Å². The molecular weight excluding hydrogens is 267 g/mol. The van der Waals surface area contributed by atoms with Crippen LogP contribution in [-0.4, -0.2) is 5.11 Å². The van der Waals surface area contributed by atoms with Crippen molar-refractivity contribution >= 4 is 5.69 Å². The zero-order valence-corrected chi connectivity index (χ0v) is 10.8. The van der Waals surface area contributed by atoms with Crippen molar-refractivity contribution in [3.63, 3.8) is 0 Å². The summed E-state index contributed by atoms with van der Waals surface area (Å²) in [6, 6.07) is 9.86. The van der Waals surface area contributed by atoms with Gasteiger partial charge < -0.3 is 10.8 Å². The predicted molar refractivity (Wildman–Crippen MR) is 71.1 cm³/mol. The van der Waals surface area contributed by atoms with Gasteiger partial charge in [0.05, 0.1) is 5.56 Å². The van der Waals surface area contributed by atoms with E-state index in [2.05, 4.69) is 0 Å². The number of halogens is 3. The lowest BCUT2D eigenvalue weighted by atomic mass is 9.94. The molecule has 0 saturated carbocycles. The second kappa shape index (κ2) is 5.17. The number of benzene rings is 2. The molecule has 20 heavy (non-hydrogen) atoms. The smallest absolute Gasteiger partial charge is 0.398 e. The molecule has 0 saturated heterocycles. The number of alkyl halides is 3. The summed E-state index contributed by atoms with van der Waals surface area (Å²) in [5, 5.41) is 10.3. The molecule has 0 amide bonds. The first-order valence-corrected chi connectivity index (χ1v) is 6.01. The van der Waals surface area contributed by atoms with Gasteiger partial charge in [-0.05, 0) is 24.6 Å². The molecule has 0 heterocycles. The number of aliphatic hydroxyl groups excluding tert-OH is 1. The molecule has 1 atom stereocenters. The molecule has 1 unspecified atom stereocenters. The Morgan fingerprint density at radius 2 is 1.70 bits per heavy atom. The molecule has 0 aliphatic rings. The Hall–Kier alpha value is -2.01. The van der Waals surface area contributed by atoms with Gasteiger partial charge in [0, 0.05) is 11.3 Å². The van der Waals surface area contributed by atoms with Gasteiger partial charge in [-0.25, -0.2) is 0 Å². The highest BCUT2D eigenvalue weighted by Crippen LogP contribution is 2.37. The molecule has 0 aromatic heterocycles. The summed E-state index contributed by atoms with van der Waals surface area (Å²) in [6.07, 6.45) is -5.93. The third kappa shape index (κ3) is 2.77. The van der Waals surface area contributed by atoms with Crippen LogP contribution in [0.5, 0.6) is 0 Å². The van der Waals surface area contributed by atoms with E-state index in [1.54, 1.807) is 25.1 Å². The van der Waals surface area contributed by atoms with E-state index in [1.165, 1.54) is 18.2 Å². The van der Waals surface area contributed by atoms with E-state index in [0.717, 1.165) is 11.6 Å². The average molecular weight is 281 g/mol. The largest absolute Gasteiger partial charge is 0.416 e. The highest BCUT2D eigenvalue weighted by molar-refractivity contribution is 5.53. The zero-order chi connectivity index (χ0) is 14.9. The fourth-order valence-electron chi connectivity index (χ4n) is 2.09. The number of hydrogen-bond donors (Lipinski definition) is 2. The summed E-state index contributed by atoms with van der Waals surface area (Å²) in [5.74, 6) is 0. The molecule has 2 aromatic rings. The number of hydrogen-bond acceptors (Lipinski definition) is 2. The minimum absolute atomic E-state index is 0.197. The lowest BCUT2D eigenvalue weighted by Gasteiger charge is -2.19. The van der Waals surface area contributed by atoms with Gasteiger partial charge in [0.1, 0.15) is 6.10 Å². The van der Waals surface area contributed by atoms with Crippen LogP contribution in [-0.2, 0) is 6.18 Å². The summed E-state index contributed by atoms with van der Waals surface area (Å²) in [7, 11) is 0. The van der Waals surface area contributed by atoms with E-state index in [0.29, 0.717) is 0 Å². The van der Waals surface area contributed by atoms with Crippen LogP contribution in [0, 0.1) is 6.92 Å². The summed E-state index contributed by atoms with van der Waals surface area (Å²) in [6.45, 7) is 1.78. The summed E-state index contributed by atoms with van der Waals surface area (Å²) < 4.78 is 38.9. The Balaban J connectivity index is 2.54. The van der Waals surface area contributed by atoms with E-state index in [1.807, 2.05) is 0 Å². The number of rotatable bonds is 2. The normalized spacial score (nSPS) is 13.2. The maximum Gasteiger partial charge on any atom is 0.416 e. The molecule has 0 aliphatic heterocycles. The van der Waals surface area contributed by atoms with Gasteiger partial charge in [0.2, 0.25) is 0 Å². The van der Waals surface area contributed by atoms with Gasteiger partial charge >= 0.3 is 6.18 Å². The van der Waals surface area contributed by atoms with E-state index < -0.39 is 17.8 Å². The van der Waals surface area contributed by atoms with Gasteiger partial charge in [-0.3, -0.25) is 0 Å². The lowest BCUT2D eigenvalue weighted by Crippen LogP contribution is -2.13. The second-order valence-electron chi connectivity index (χ2n) is 4.62. The maximum absolute atomic E-state index is 13.0. The minimum atomic E-state index is -4.52.